The fourth-order valence-electron chi connectivity index (χ4n) is 4.49. The van der Waals surface area contributed by atoms with Gasteiger partial charge in [0.05, 0.1) is 6.61 Å². The summed E-state index contributed by atoms with van der Waals surface area (Å²) in [4.78, 5) is 0. The monoisotopic (exact) mass is 234 g/mol. The van der Waals surface area contributed by atoms with E-state index in [9.17, 15) is 5.11 Å². The average Bonchev–Trinajstić information content (AvgIpc) is 2.31. The molecule has 0 aromatic heterocycles. The highest BCUT2D eigenvalue weighted by molar-refractivity contribution is 5.25. The van der Waals surface area contributed by atoms with Crippen molar-refractivity contribution in [1.29, 1.82) is 0 Å². The van der Waals surface area contributed by atoms with E-state index in [0.717, 1.165) is 18.8 Å². The summed E-state index contributed by atoms with van der Waals surface area (Å²) in [6, 6.07) is 0. The van der Waals surface area contributed by atoms with Gasteiger partial charge in [-0.1, -0.05) is 31.6 Å². The Kier molecular flexibility index (Phi) is 3.24. The first-order valence-corrected chi connectivity index (χ1v) is 6.91. The summed E-state index contributed by atoms with van der Waals surface area (Å²) in [6.07, 6.45) is 9.01. The van der Waals surface area contributed by atoms with Crippen molar-refractivity contribution >= 4 is 0 Å². The Morgan fingerprint density at radius 2 is 2.29 bits per heavy atom. The minimum absolute atomic E-state index is 0.0330. The Bertz CT molecular complexity index is 343. The Morgan fingerprint density at radius 3 is 2.88 bits per heavy atom. The molecule has 0 aromatic carbocycles. The average molecular weight is 234 g/mol. The van der Waals surface area contributed by atoms with Crippen LogP contribution in [-0.4, -0.2) is 11.7 Å². The number of fused-ring (bicyclic) bond motifs is 2. The Hall–Kier alpha value is -0.560. The maximum atomic E-state index is 10.1. The lowest BCUT2D eigenvalue weighted by molar-refractivity contribution is -0.0990. The van der Waals surface area contributed by atoms with Gasteiger partial charge in [-0.2, -0.15) is 0 Å². The van der Waals surface area contributed by atoms with E-state index in [1.54, 1.807) is 0 Å². The van der Waals surface area contributed by atoms with Crippen LogP contribution in [0.5, 0.6) is 0 Å². The molecule has 1 unspecified atom stereocenters. The molecule has 1 saturated carbocycles. The summed E-state index contributed by atoms with van der Waals surface area (Å²) < 4.78 is 0. The van der Waals surface area contributed by atoms with Crippen LogP contribution in [0.15, 0.2) is 24.3 Å². The fourth-order valence-corrected chi connectivity index (χ4v) is 4.49. The fraction of sp³-hybridized carbons (Fsp3) is 0.750. The van der Waals surface area contributed by atoms with Crippen LogP contribution in [0.1, 0.15) is 46.5 Å². The van der Waals surface area contributed by atoms with E-state index in [4.69, 9.17) is 0 Å². The second kappa shape index (κ2) is 4.28. The molecule has 0 aromatic rings. The molecule has 2 aliphatic rings. The molecule has 2 bridgehead atoms. The summed E-state index contributed by atoms with van der Waals surface area (Å²) in [5, 5.41) is 10.1. The van der Waals surface area contributed by atoms with Crippen LogP contribution in [0.4, 0.5) is 0 Å². The van der Waals surface area contributed by atoms with E-state index in [1.165, 1.54) is 18.4 Å². The third kappa shape index (κ3) is 1.55. The van der Waals surface area contributed by atoms with Gasteiger partial charge in [0.25, 0.3) is 0 Å². The predicted octanol–water partition coefficient (Wildman–Crippen LogP) is 3.94. The van der Waals surface area contributed by atoms with Gasteiger partial charge in [-0.05, 0) is 49.9 Å². The maximum Gasteiger partial charge on any atom is 0.0501 e. The largest absolute Gasteiger partial charge is 0.396 e. The van der Waals surface area contributed by atoms with Crippen LogP contribution >= 0.6 is 0 Å². The lowest BCUT2D eigenvalue weighted by Crippen LogP contribution is -2.55. The number of aliphatic hydroxyl groups excluding tert-OH is 1. The summed E-state index contributed by atoms with van der Waals surface area (Å²) >= 11 is 0. The molecule has 4 atom stereocenters. The molecule has 0 saturated heterocycles. The quantitative estimate of drug-likeness (QED) is 0.733. The molecule has 96 valence electrons. The van der Waals surface area contributed by atoms with Gasteiger partial charge >= 0.3 is 0 Å². The summed E-state index contributed by atoms with van der Waals surface area (Å²) in [5.74, 6) is 1.34. The lowest BCUT2D eigenvalue weighted by atomic mass is 9.44. The van der Waals surface area contributed by atoms with E-state index in [0.29, 0.717) is 12.5 Å². The summed E-state index contributed by atoms with van der Waals surface area (Å²) in [7, 11) is 0. The number of rotatable bonds is 3. The van der Waals surface area contributed by atoms with Gasteiger partial charge in [-0.15, -0.1) is 6.58 Å². The minimum atomic E-state index is 0.0330. The minimum Gasteiger partial charge on any atom is -0.396 e. The van der Waals surface area contributed by atoms with Crippen molar-refractivity contribution in [2.24, 2.45) is 22.7 Å². The predicted molar refractivity (Wildman–Crippen MR) is 72.7 cm³/mol. The first-order valence-electron chi connectivity index (χ1n) is 6.91. The first-order chi connectivity index (χ1) is 8.02. The maximum absolute atomic E-state index is 10.1. The van der Waals surface area contributed by atoms with Crippen LogP contribution in [0.25, 0.3) is 0 Å². The summed E-state index contributed by atoms with van der Waals surface area (Å²) in [5.41, 5.74) is 1.69. The number of hydrogen-bond acceptors (Lipinski definition) is 1. The van der Waals surface area contributed by atoms with Gasteiger partial charge in [0.2, 0.25) is 0 Å². The third-order valence-corrected chi connectivity index (χ3v) is 5.93. The molecular formula is C16H26O. The van der Waals surface area contributed by atoms with E-state index >= 15 is 0 Å². The molecule has 0 spiro atoms. The van der Waals surface area contributed by atoms with Crippen molar-refractivity contribution in [3.05, 3.63) is 24.3 Å². The standard InChI is InChI=1S/C16H26O/c1-5-9-16(11-17)14-7-6-13(3)15(16,4)10-8-12(14)2/h5-6,12,14,17H,1,7-11H2,2-4H3/t12-,14-,15-,16?/m0/s1. The number of allylic oxidation sites excluding steroid dienone is 3. The van der Waals surface area contributed by atoms with Crippen LogP contribution in [0.3, 0.4) is 0 Å². The van der Waals surface area contributed by atoms with Gasteiger partial charge in [0.15, 0.2) is 0 Å². The number of aliphatic hydroxyl groups is 1. The normalized spacial score (nSPS) is 45.3. The highest BCUT2D eigenvalue weighted by Crippen LogP contribution is 2.63. The Balaban J connectivity index is 2.53. The third-order valence-electron chi connectivity index (χ3n) is 5.93. The zero-order chi connectivity index (χ0) is 12.7. The van der Waals surface area contributed by atoms with E-state index < -0.39 is 0 Å². The van der Waals surface area contributed by atoms with Gasteiger partial charge in [-0.25, -0.2) is 0 Å². The highest BCUT2D eigenvalue weighted by Gasteiger charge is 2.57. The van der Waals surface area contributed by atoms with Crippen LogP contribution in [-0.2, 0) is 0 Å². The number of hydrogen-bond donors (Lipinski definition) is 1. The Morgan fingerprint density at radius 1 is 1.59 bits per heavy atom. The SMILES string of the molecule is C=CCC1(CO)[C@H]2CC=C(C)[C@]1(C)CC[C@@H]2C. The second-order valence-corrected chi connectivity index (χ2v) is 6.38. The van der Waals surface area contributed by atoms with Crippen molar-refractivity contribution in [3.63, 3.8) is 0 Å². The van der Waals surface area contributed by atoms with Crippen molar-refractivity contribution in [2.45, 2.75) is 46.5 Å². The molecule has 0 heterocycles. The molecule has 1 fully saturated rings. The Labute approximate surface area is 106 Å². The smallest absolute Gasteiger partial charge is 0.0501 e. The molecule has 1 N–H and O–H groups in total. The van der Waals surface area contributed by atoms with Crippen LogP contribution in [0.2, 0.25) is 0 Å². The molecule has 0 radical (unpaired) electrons. The molecular weight excluding hydrogens is 208 g/mol. The van der Waals surface area contributed by atoms with Crippen molar-refractivity contribution < 1.29 is 5.11 Å². The first kappa shape index (κ1) is 12.9. The van der Waals surface area contributed by atoms with E-state index in [2.05, 4.69) is 33.4 Å². The molecule has 0 amide bonds. The molecule has 2 rings (SSSR count). The second-order valence-electron chi connectivity index (χ2n) is 6.38. The molecule has 1 nitrogen and oxygen atoms in total. The van der Waals surface area contributed by atoms with Crippen molar-refractivity contribution in [1.82, 2.24) is 0 Å². The van der Waals surface area contributed by atoms with Gasteiger partial charge in [0.1, 0.15) is 0 Å². The van der Waals surface area contributed by atoms with Gasteiger partial charge in [-0.3, -0.25) is 0 Å². The van der Waals surface area contributed by atoms with Crippen LogP contribution < -0.4 is 0 Å². The van der Waals surface area contributed by atoms with Crippen molar-refractivity contribution in [2.75, 3.05) is 6.61 Å². The van der Waals surface area contributed by atoms with E-state index in [1.807, 2.05) is 6.08 Å². The zero-order valence-electron chi connectivity index (χ0n) is 11.5. The van der Waals surface area contributed by atoms with Gasteiger partial charge < -0.3 is 5.11 Å². The summed E-state index contributed by atoms with van der Waals surface area (Å²) in [6.45, 7) is 11.2. The van der Waals surface area contributed by atoms with E-state index in [-0.39, 0.29) is 10.8 Å². The lowest BCUT2D eigenvalue weighted by Gasteiger charge is -2.60. The van der Waals surface area contributed by atoms with Crippen molar-refractivity contribution in [3.8, 4) is 0 Å². The van der Waals surface area contributed by atoms with Gasteiger partial charge in [0, 0.05) is 5.41 Å². The van der Waals surface area contributed by atoms with Crippen LogP contribution in [0, 0.1) is 22.7 Å². The molecule has 0 aliphatic heterocycles. The molecule has 1 heteroatoms. The highest BCUT2D eigenvalue weighted by atomic mass is 16.3. The molecule has 2 aliphatic carbocycles. The zero-order valence-corrected chi connectivity index (χ0v) is 11.5. The molecule has 17 heavy (non-hydrogen) atoms. The topological polar surface area (TPSA) is 20.2 Å².